The molecule has 2 heterocycles. The molecule has 1 aliphatic heterocycles. The molecule has 0 bridgehead atoms. The van der Waals surface area contributed by atoms with E-state index in [1.54, 1.807) is 0 Å². The number of aromatic nitrogens is 3. The number of piperidine rings is 1. The minimum absolute atomic E-state index is 0.0616. The van der Waals surface area contributed by atoms with Crippen LogP contribution in [0.5, 0.6) is 0 Å². The van der Waals surface area contributed by atoms with E-state index in [1.807, 2.05) is 4.90 Å². The van der Waals surface area contributed by atoms with Crippen LogP contribution in [0, 0.1) is 11.8 Å². The Labute approximate surface area is 112 Å². The van der Waals surface area contributed by atoms with Crippen LogP contribution >= 0.6 is 0 Å². The van der Waals surface area contributed by atoms with Crippen LogP contribution in [0.4, 0.5) is 0 Å². The highest BCUT2D eigenvalue weighted by atomic mass is 16.2. The van der Waals surface area contributed by atoms with Crippen molar-refractivity contribution in [3.05, 3.63) is 11.6 Å². The summed E-state index contributed by atoms with van der Waals surface area (Å²) in [6, 6.07) is 0. The van der Waals surface area contributed by atoms with E-state index in [0.717, 1.165) is 38.2 Å². The van der Waals surface area contributed by atoms with Gasteiger partial charge in [0.05, 0.1) is 0 Å². The maximum absolute atomic E-state index is 12.4. The van der Waals surface area contributed by atoms with Crippen molar-refractivity contribution < 1.29 is 4.79 Å². The Morgan fingerprint density at radius 1 is 1.47 bits per heavy atom. The Balaban J connectivity index is 1.68. The van der Waals surface area contributed by atoms with E-state index in [0.29, 0.717) is 30.1 Å². The quantitative estimate of drug-likeness (QED) is 0.842. The summed E-state index contributed by atoms with van der Waals surface area (Å²) in [4.78, 5) is 18.5. The molecule has 1 aliphatic carbocycles. The maximum atomic E-state index is 12.4. The van der Waals surface area contributed by atoms with Crippen LogP contribution in [-0.2, 0) is 0 Å². The Bertz CT molecular complexity index is 467. The van der Waals surface area contributed by atoms with Gasteiger partial charge in [-0.1, -0.05) is 6.92 Å². The zero-order valence-electron chi connectivity index (χ0n) is 11.3. The number of hydrogen-bond donors (Lipinski definition) is 2. The highest BCUT2D eigenvalue weighted by molar-refractivity contribution is 5.90. The molecule has 2 aliphatic rings. The fourth-order valence-electron chi connectivity index (χ4n) is 2.69. The van der Waals surface area contributed by atoms with Gasteiger partial charge in [-0.05, 0) is 37.6 Å². The van der Waals surface area contributed by atoms with E-state index in [2.05, 4.69) is 22.1 Å². The lowest BCUT2D eigenvalue weighted by Crippen LogP contribution is -2.45. The van der Waals surface area contributed by atoms with Crippen molar-refractivity contribution in [2.45, 2.75) is 32.1 Å². The Hall–Kier alpha value is -1.43. The zero-order chi connectivity index (χ0) is 13.4. The third kappa shape index (κ3) is 2.49. The summed E-state index contributed by atoms with van der Waals surface area (Å²) in [5.41, 5.74) is 5.77. The Morgan fingerprint density at radius 3 is 2.95 bits per heavy atom. The van der Waals surface area contributed by atoms with Gasteiger partial charge in [-0.2, -0.15) is 0 Å². The van der Waals surface area contributed by atoms with Gasteiger partial charge in [0, 0.05) is 19.0 Å². The van der Waals surface area contributed by atoms with Crippen LogP contribution in [-0.4, -0.2) is 45.6 Å². The molecule has 6 heteroatoms. The molecule has 6 nitrogen and oxygen atoms in total. The van der Waals surface area contributed by atoms with Gasteiger partial charge in [0.15, 0.2) is 0 Å². The number of nitrogens with two attached hydrogens (primary N) is 1. The lowest BCUT2D eigenvalue weighted by Gasteiger charge is -2.35. The summed E-state index contributed by atoms with van der Waals surface area (Å²) in [5, 5.41) is 6.95. The summed E-state index contributed by atoms with van der Waals surface area (Å²) >= 11 is 0. The Morgan fingerprint density at radius 2 is 2.26 bits per heavy atom. The first-order valence-corrected chi connectivity index (χ1v) is 7.10. The molecule has 1 amide bonds. The van der Waals surface area contributed by atoms with E-state index in [4.69, 9.17) is 5.73 Å². The first kappa shape index (κ1) is 12.6. The fourth-order valence-corrected chi connectivity index (χ4v) is 2.69. The van der Waals surface area contributed by atoms with Crippen LogP contribution in [0.2, 0.25) is 0 Å². The van der Waals surface area contributed by atoms with Crippen LogP contribution in [0.25, 0.3) is 0 Å². The predicted molar refractivity (Wildman–Crippen MR) is 70.6 cm³/mol. The van der Waals surface area contributed by atoms with Crippen molar-refractivity contribution in [3.63, 3.8) is 0 Å². The SMILES string of the molecule is CC1CCN(C(=O)c2n[nH]c(C3CC3)n2)CC1CN. The molecular formula is C13H21N5O. The van der Waals surface area contributed by atoms with Gasteiger partial charge >= 0.3 is 0 Å². The molecule has 0 radical (unpaired) electrons. The summed E-state index contributed by atoms with van der Waals surface area (Å²) in [5.74, 6) is 2.58. The lowest BCUT2D eigenvalue weighted by atomic mass is 9.87. The molecule has 2 fully saturated rings. The van der Waals surface area contributed by atoms with E-state index in [-0.39, 0.29) is 5.91 Å². The zero-order valence-corrected chi connectivity index (χ0v) is 11.3. The van der Waals surface area contributed by atoms with Gasteiger partial charge in [-0.15, -0.1) is 5.10 Å². The second-order valence-corrected chi connectivity index (χ2v) is 5.83. The van der Waals surface area contributed by atoms with Crippen molar-refractivity contribution in [1.29, 1.82) is 0 Å². The lowest BCUT2D eigenvalue weighted by molar-refractivity contribution is 0.0606. The van der Waals surface area contributed by atoms with Crippen LogP contribution < -0.4 is 5.73 Å². The highest BCUT2D eigenvalue weighted by Crippen LogP contribution is 2.37. The summed E-state index contributed by atoms with van der Waals surface area (Å²) in [6.07, 6.45) is 3.31. The van der Waals surface area contributed by atoms with Gasteiger partial charge in [0.2, 0.25) is 5.82 Å². The number of carbonyl (C=O) groups is 1. The molecule has 1 aromatic heterocycles. The van der Waals surface area contributed by atoms with Crippen molar-refractivity contribution >= 4 is 5.91 Å². The smallest absolute Gasteiger partial charge is 0.293 e. The highest BCUT2D eigenvalue weighted by Gasteiger charge is 2.32. The second kappa shape index (κ2) is 4.92. The molecule has 3 rings (SSSR count). The molecule has 0 spiro atoms. The molecule has 2 atom stereocenters. The molecule has 0 aromatic carbocycles. The Kier molecular flexibility index (Phi) is 3.26. The van der Waals surface area contributed by atoms with E-state index < -0.39 is 0 Å². The molecule has 3 N–H and O–H groups in total. The summed E-state index contributed by atoms with van der Waals surface area (Å²) < 4.78 is 0. The van der Waals surface area contributed by atoms with Gasteiger partial charge in [0.25, 0.3) is 5.91 Å². The van der Waals surface area contributed by atoms with Gasteiger partial charge in [-0.3, -0.25) is 9.89 Å². The first-order valence-electron chi connectivity index (χ1n) is 7.10. The first-order chi connectivity index (χ1) is 9.19. The third-order valence-corrected chi connectivity index (χ3v) is 4.36. The molecule has 1 aromatic rings. The third-order valence-electron chi connectivity index (χ3n) is 4.36. The molecular weight excluding hydrogens is 242 g/mol. The summed E-state index contributed by atoms with van der Waals surface area (Å²) in [6.45, 7) is 4.34. The number of likely N-dealkylation sites (tertiary alicyclic amines) is 1. The number of nitrogens with one attached hydrogen (secondary N) is 1. The van der Waals surface area contributed by atoms with Crippen LogP contribution in [0.15, 0.2) is 0 Å². The predicted octanol–water partition coefficient (Wildman–Crippen LogP) is 0.739. The maximum Gasteiger partial charge on any atom is 0.293 e. The largest absolute Gasteiger partial charge is 0.336 e. The number of nitrogens with zero attached hydrogens (tertiary/aromatic N) is 3. The number of rotatable bonds is 3. The molecule has 1 saturated carbocycles. The average Bonchev–Trinajstić information content (AvgIpc) is 3.16. The number of hydrogen-bond acceptors (Lipinski definition) is 4. The number of amides is 1. The van der Waals surface area contributed by atoms with Crippen molar-refractivity contribution in [2.24, 2.45) is 17.6 Å². The van der Waals surface area contributed by atoms with Crippen LogP contribution in [0.1, 0.15) is 48.5 Å². The van der Waals surface area contributed by atoms with E-state index in [9.17, 15) is 4.79 Å². The molecule has 19 heavy (non-hydrogen) atoms. The van der Waals surface area contributed by atoms with Crippen molar-refractivity contribution in [1.82, 2.24) is 20.1 Å². The standard InChI is InChI=1S/C13H21N5O/c1-8-4-5-18(7-10(8)6-14)13(19)12-15-11(16-17-12)9-2-3-9/h8-10H,2-7,14H2,1H3,(H,15,16,17). The average molecular weight is 263 g/mol. The fraction of sp³-hybridized carbons (Fsp3) is 0.769. The number of H-pyrrole nitrogens is 1. The second-order valence-electron chi connectivity index (χ2n) is 5.83. The van der Waals surface area contributed by atoms with Crippen molar-refractivity contribution in [2.75, 3.05) is 19.6 Å². The topological polar surface area (TPSA) is 87.9 Å². The van der Waals surface area contributed by atoms with Gasteiger partial charge in [0.1, 0.15) is 5.82 Å². The van der Waals surface area contributed by atoms with Crippen LogP contribution in [0.3, 0.4) is 0 Å². The van der Waals surface area contributed by atoms with Gasteiger partial charge < -0.3 is 10.6 Å². The number of carbonyl (C=O) groups excluding carboxylic acids is 1. The minimum atomic E-state index is -0.0616. The summed E-state index contributed by atoms with van der Waals surface area (Å²) in [7, 11) is 0. The molecule has 2 unspecified atom stereocenters. The number of aromatic amines is 1. The normalized spacial score (nSPS) is 27.6. The molecule has 1 saturated heterocycles. The van der Waals surface area contributed by atoms with Crippen molar-refractivity contribution in [3.8, 4) is 0 Å². The van der Waals surface area contributed by atoms with Gasteiger partial charge in [-0.25, -0.2) is 4.98 Å². The minimum Gasteiger partial charge on any atom is -0.336 e. The molecule has 104 valence electrons. The van der Waals surface area contributed by atoms with E-state index >= 15 is 0 Å². The van der Waals surface area contributed by atoms with E-state index in [1.165, 1.54) is 0 Å². The monoisotopic (exact) mass is 263 g/mol.